The number of nitrogens with zero attached hydrogens (tertiary/aromatic N) is 1. The van der Waals surface area contributed by atoms with Crippen LogP contribution >= 0.6 is 15.9 Å². The van der Waals surface area contributed by atoms with E-state index in [9.17, 15) is 4.79 Å². The summed E-state index contributed by atoms with van der Waals surface area (Å²) in [5.41, 5.74) is 4.52. The average molecular weight is 446 g/mol. The van der Waals surface area contributed by atoms with Crippen LogP contribution in [0.4, 0.5) is 5.69 Å². The van der Waals surface area contributed by atoms with Crippen molar-refractivity contribution in [2.75, 3.05) is 5.32 Å². The zero-order valence-electron chi connectivity index (χ0n) is 15.9. The van der Waals surface area contributed by atoms with Gasteiger partial charge in [-0.05, 0) is 58.8 Å². The number of anilines is 1. The second-order valence-corrected chi connectivity index (χ2v) is 7.76. The van der Waals surface area contributed by atoms with Gasteiger partial charge in [-0.25, -0.2) is 5.43 Å². The molecule has 1 unspecified atom stereocenters. The van der Waals surface area contributed by atoms with Crippen molar-refractivity contribution in [1.82, 2.24) is 5.43 Å². The minimum atomic E-state index is -0.419. The predicted octanol–water partition coefficient (Wildman–Crippen LogP) is 5.71. The highest BCUT2D eigenvalue weighted by Gasteiger charge is 2.12. The highest BCUT2D eigenvalue weighted by Crippen LogP contribution is 2.27. The molecule has 0 radical (unpaired) electrons. The van der Waals surface area contributed by atoms with Gasteiger partial charge in [0.25, 0.3) is 5.91 Å². The van der Waals surface area contributed by atoms with E-state index in [1.54, 1.807) is 13.1 Å². The molecule has 29 heavy (non-hydrogen) atoms. The van der Waals surface area contributed by atoms with E-state index in [2.05, 4.69) is 62.1 Å². The van der Waals surface area contributed by atoms with E-state index in [4.69, 9.17) is 0 Å². The molecule has 0 aromatic heterocycles. The number of hydrogen-bond acceptors (Lipinski definition) is 3. The third-order valence-electron chi connectivity index (χ3n) is 4.80. The number of hydrogen-bond donors (Lipinski definition) is 2. The minimum Gasteiger partial charge on any atom is -0.374 e. The lowest BCUT2D eigenvalue weighted by Crippen LogP contribution is -2.34. The number of nitrogens with one attached hydrogen (secondary N) is 2. The maximum absolute atomic E-state index is 12.4. The zero-order chi connectivity index (χ0) is 20.2. The van der Waals surface area contributed by atoms with Gasteiger partial charge in [0.05, 0.1) is 6.21 Å². The van der Waals surface area contributed by atoms with Crippen LogP contribution in [0.25, 0.3) is 21.5 Å². The van der Waals surface area contributed by atoms with Crippen LogP contribution in [-0.2, 0) is 4.79 Å². The van der Waals surface area contributed by atoms with Gasteiger partial charge in [0.1, 0.15) is 6.04 Å². The number of carbonyl (C=O) groups excluding carboxylic acids is 1. The number of halogens is 1. The molecule has 1 amide bonds. The van der Waals surface area contributed by atoms with Crippen molar-refractivity contribution >= 4 is 55.3 Å². The topological polar surface area (TPSA) is 53.5 Å². The maximum atomic E-state index is 12.4. The van der Waals surface area contributed by atoms with Crippen molar-refractivity contribution in [1.29, 1.82) is 0 Å². The summed E-state index contributed by atoms with van der Waals surface area (Å²) in [4.78, 5) is 12.4. The number of carbonyl (C=O) groups is 1. The van der Waals surface area contributed by atoms with Crippen molar-refractivity contribution in [2.24, 2.45) is 5.10 Å². The van der Waals surface area contributed by atoms with Crippen molar-refractivity contribution in [3.05, 3.63) is 88.9 Å². The minimum absolute atomic E-state index is 0.200. The summed E-state index contributed by atoms with van der Waals surface area (Å²) >= 11 is 3.40. The quantitative estimate of drug-likeness (QED) is 0.235. The number of fused-ring (bicyclic) bond motifs is 2. The van der Waals surface area contributed by atoms with Gasteiger partial charge < -0.3 is 5.32 Å². The molecule has 4 nitrogen and oxygen atoms in total. The van der Waals surface area contributed by atoms with E-state index in [1.807, 2.05) is 48.5 Å². The average Bonchev–Trinajstić information content (AvgIpc) is 2.74. The molecule has 0 heterocycles. The van der Waals surface area contributed by atoms with E-state index in [-0.39, 0.29) is 5.91 Å². The van der Waals surface area contributed by atoms with Crippen molar-refractivity contribution in [2.45, 2.75) is 13.0 Å². The van der Waals surface area contributed by atoms with Crippen LogP contribution in [0.3, 0.4) is 0 Å². The smallest absolute Gasteiger partial charge is 0.262 e. The van der Waals surface area contributed by atoms with Crippen molar-refractivity contribution in [3.63, 3.8) is 0 Å². The van der Waals surface area contributed by atoms with Crippen LogP contribution in [-0.4, -0.2) is 18.2 Å². The molecule has 144 valence electrons. The molecule has 0 aliphatic heterocycles. The summed E-state index contributed by atoms with van der Waals surface area (Å²) in [5, 5.41) is 11.9. The molecule has 0 fully saturated rings. The molecule has 4 rings (SSSR count). The SMILES string of the molecule is CC(Nc1ccc(Br)cc1)C(=O)NN=Cc1c2ccccc2cc2ccccc12. The van der Waals surface area contributed by atoms with Gasteiger partial charge in [0.15, 0.2) is 0 Å². The van der Waals surface area contributed by atoms with E-state index in [1.165, 1.54) is 0 Å². The molecule has 2 N–H and O–H groups in total. The number of hydrazone groups is 1. The normalized spacial score (nSPS) is 12.3. The summed E-state index contributed by atoms with van der Waals surface area (Å²) in [6.45, 7) is 1.81. The first-order valence-corrected chi connectivity index (χ1v) is 10.2. The van der Waals surface area contributed by atoms with Gasteiger partial charge in [0, 0.05) is 15.7 Å². The van der Waals surface area contributed by atoms with Crippen LogP contribution in [0, 0.1) is 0 Å². The molecule has 4 aromatic carbocycles. The molecular formula is C24H20BrN3O. The van der Waals surface area contributed by atoms with Gasteiger partial charge >= 0.3 is 0 Å². The molecule has 4 aromatic rings. The Balaban J connectivity index is 1.54. The molecule has 0 aliphatic carbocycles. The second-order valence-electron chi connectivity index (χ2n) is 6.84. The second kappa shape index (κ2) is 8.45. The Bertz CT molecular complexity index is 1150. The summed E-state index contributed by atoms with van der Waals surface area (Å²) in [5.74, 6) is -0.200. The fourth-order valence-corrected chi connectivity index (χ4v) is 3.57. The lowest BCUT2D eigenvalue weighted by molar-refractivity contribution is -0.121. The van der Waals surface area contributed by atoms with Crippen LogP contribution in [0.1, 0.15) is 12.5 Å². The summed E-state index contributed by atoms with van der Waals surface area (Å²) in [7, 11) is 0. The fraction of sp³-hybridized carbons (Fsp3) is 0.0833. The number of rotatable bonds is 5. The first-order valence-electron chi connectivity index (χ1n) is 9.37. The molecule has 1 atom stereocenters. The molecule has 0 spiro atoms. The van der Waals surface area contributed by atoms with Gasteiger partial charge in [0.2, 0.25) is 0 Å². The molecule has 0 bridgehead atoms. The van der Waals surface area contributed by atoms with Crippen LogP contribution in [0.2, 0.25) is 0 Å². The largest absolute Gasteiger partial charge is 0.374 e. The van der Waals surface area contributed by atoms with Gasteiger partial charge in [-0.15, -0.1) is 0 Å². The number of amides is 1. The Hall–Kier alpha value is -3.18. The van der Waals surface area contributed by atoms with Crippen LogP contribution in [0.5, 0.6) is 0 Å². The van der Waals surface area contributed by atoms with Crippen LogP contribution in [0.15, 0.2) is 88.4 Å². The Kier molecular flexibility index (Phi) is 5.58. The monoisotopic (exact) mass is 445 g/mol. The van der Waals surface area contributed by atoms with Gasteiger partial charge in [-0.1, -0.05) is 64.5 Å². The first kappa shape index (κ1) is 19.2. The maximum Gasteiger partial charge on any atom is 0.262 e. The summed E-state index contributed by atoms with van der Waals surface area (Å²) < 4.78 is 0.993. The van der Waals surface area contributed by atoms with E-state index in [0.717, 1.165) is 37.3 Å². The van der Waals surface area contributed by atoms with Crippen molar-refractivity contribution in [3.8, 4) is 0 Å². The van der Waals surface area contributed by atoms with Gasteiger partial charge in [-0.3, -0.25) is 4.79 Å². The highest BCUT2D eigenvalue weighted by atomic mass is 79.9. The Labute approximate surface area is 177 Å². The Morgan fingerprint density at radius 2 is 1.52 bits per heavy atom. The highest BCUT2D eigenvalue weighted by molar-refractivity contribution is 9.10. The molecule has 0 saturated heterocycles. The third kappa shape index (κ3) is 4.30. The standard InChI is InChI=1S/C24H20BrN3O/c1-16(27-20-12-10-19(25)11-13-20)24(29)28-26-15-23-21-8-4-2-6-17(21)14-18-7-3-5-9-22(18)23/h2-16,27H,1H3,(H,28,29). The lowest BCUT2D eigenvalue weighted by Gasteiger charge is -2.13. The van der Waals surface area contributed by atoms with Crippen molar-refractivity contribution < 1.29 is 4.79 Å². The summed E-state index contributed by atoms with van der Waals surface area (Å²) in [6.07, 6.45) is 1.73. The Morgan fingerprint density at radius 1 is 0.931 bits per heavy atom. The summed E-state index contributed by atoms with van der Waals surface area (Å²) in [6, 6.07) is 25.8. The molecular weight excluding hydrogens is 426 g/mol. The molecule has 0 aliphatic rings. The third-order valence-corrected chi connectivity index (χ3v) is 5.33. The molecule has 5 heteroatoms. The fourth-order valence-electron chi connectivity index (χ4n) is 3.31. The number of benzene rings is 4. The van der Waals surface area contributed by atoms with Crippen LogP contribution < -0.4 is 10.7 Å². The molecule has 0 saturated carbocycles. The lowest BCUT2D eigenvalue weighted by atomic mass is 9.97. The first-order chi connectivity index (χ1) is 14.1. The van der Waals surface area contributed by atoms with Gasteiger partial charge in [-0.2, -0.15) is 5.10 Å². The zero-order valence-corrected chi connectivity index (χ0v) is 17.5. The van der Waals surface area contributed by atoms with E-state index in [0.29, 0.717) is 0 Å². The van der Waals surface area contributed by atoms with E-state index >= 15 is 0 Å². The Morgan fingerprint density at radius 3 is 2.14 bits per heavy atom. The van der Waals surface area contributed by atoms with E-state index < -0.39 is 6.04 Å². The predicted molar refractivity (Wildman–Crippen MR) is 124 cm³/mol.